The molecular weight excluding hydrogens is 336 g/mol. The molecule has 0 spiro atoms. The van der Waals surface area contributed by atoms with E-state index >= 15 is 0 Å². The highest BCUT2D eigenvalue weighted by Gasteiger charge is 2.12. The largest absolute Gasteiger partial charge is 0.507 e. The second-order valence-corrected chi connectivity index (χ2v) is 5.36. The van der Waals surface area contributed by atoms with E-state index in [1.807, 2.05) is 0 Å². The molecule has 1 heterocycles. The van der Waals surface area contributed by atoms with E-state index in [9.17, 15) is 20.0 Å². The number of hydrogen-bond donors (Lipinski definition) is 1. The SMILES string of the molecule is CCOC(=O)c1csc(=N/N=C/c2cc([N+](=O)[O-])ccc2O)n1C. The minimum Gasteiger partial charge on any atom is -0.507 e. The van der Waals surface area contributed by atoms with Gasteiger partial charge in [0.2, 0.25) is 4.80 Å². The normalized spacial score (nSPS) is 11.8. The van der Waals surface area contributed by atoms with E-state index in [0.717, 1.165) is 0 Å². The van der Waals surface area contributed by atoms with Gasteiger partial charge >= 0.3 is 5.97 Å². The smallest absolute Gasteiger partial charge is 0.355 e. The average Bonchev–Trinajstić information content (AvgIpc) is 2.90. The van der Waals surface area contributed by atoms with Crippen LogP contribution < -0.4 is 4.80 Å². The summed E-state index contributed by atoms with van der Waals surface area (Å²) in [6, 6.07) is 3.59. The highest BCUT2D eigenvalue weighted by molar-refractivity contribution is 7.07. The van der Waals surface area contributed by atoms with Crippen LogP contribution in [0.15, 0.2) is 33.8 Å². The van der Waals surface area contributed by atoms with Crippen LogP contribution in [-0.2, 0) is 11.8 Å². The lowest BCUT2D eigenvalue weighted by Crippen LogP contribution is -2.17. The third-order valence-corrected chi connectivity index (χ3v) is 3.88. The molecule has 2 aromatic rings. The third-order valence-electron chi connectivity index (χ3n) is 2.97. The second kappa shape index (κ2) is 7.51. The number of aromatic hydroxyl groups is 1. The number of nitrogens with zero attached hydrogens (tertiary/aromatic N) is 4. The van der Waals surface area contributed by atoms with Gasteiger partial charge in [0.1, 0.15) is 11.4 Å². The minimum atomic E-state index is -0.571. The van der Waals surface area contributed by atoms with E-state index in [1.54, 1.807) is 19.4 Å². The van der Waals surface area contributed by atoms with Crippen molar-refractivity contribution in [2.75, 3.05) is 6.61 Å². The summed E-state index contributed by atoms with van der Waals surface area (Å²) in [6.07, 6.45) is 1.20. The number of rotatable bonds is 5. The van der Waals surface area contributed by atoms with Crippen LogP contribution >= 0.6 is 11.3 Å². The maximum atomic E-state index is 11.7. The van der Waals surface area contributed by atoms with Crippen LogP contribution in [0.3, 0.4) is 0 Å². The van der Waals surface area contributed by atoms with Crippen molar-refractivity contribution in [1.82, 2.24) is 4.57 Å². The Morgan fingerprint density at radius 3 is 2.96 bits per heavy atom. The molecule has 9 nitrogen and oxygen atoms in total. The monoisotopic (exact) mass is 350 g/mol. The first-order chi connectivity index (χ1) is 11.4. The Labute approximate surface area is 140 Å². The van der Waals surface area contributed by atoms with Gasteiger partial charge in [0, 0.05) is 30.1 Å². The van der Waals surface area contributed by atoms with Crippen LogP contribution in [0.4, 0.5) is 5.69 Å². The van der Waals surface area contributed by atoms with Crippen molar-refractivity contribution in [3.63, 3.8) is 0 Å². The number of carbonyl (C=O) groups excluding carboxylic acids is 1. The number of nitro benzene ring substituents is 1. The number of ether oxygens (including phenoxy) is 1. The first-order valence-electron chi connectivity index (χ1n) is 6.80. The fourth-order valence-corrected chi connectivity index (χ4v) is 2.57. The van der Waals surface area contributed by atoms with Crippen LogP contribution in [0.2, 0.25) is 0 Å². The molecule has 0 atom stereocenters. The molecule has 0 aliphatic carbocycles. The van der Waals surface area contributed by atoms with E-state index < -0.39 is 10.9 Å². The maximum absolute atomic E-state index is 11.7. The number of aromatic nitrogens is 1. The van der Waals surface area contributed by atoms with E-state index in [0.29, 0.717) is 10.5 Å². The molecule has 0 bridgehead atoms. The first kappa shape index (κ1) is 17.3. The van der Waals surface area contributed by atoms with E-state index in [2.05, 4.69) is 10.2 Å². The molecule has 0 saturated carbocycles. The predicted octanol–water partition coefficient (Wildman–Crippen LogP) is 1.81. The molecule has 2 rings (SSSR count). The molecule has 1 aromatic heterocycles. The van der Waals surface area contributed by atoms with Crippen molar-refractivity contribution >= 4 is 29.2 Å². The van der Waals surface area contributed by atoms with Crippen LogP contribution in [-0.4, -0.2) is 33.4 Å². The summed E-state index contributed by atoms with van der Waals surface area (Å²) < 4.78 is 6.44. The van der Waals surface area contributed by atoms with Crippen LogP contribution in [0.5, 0.6) is 5.75 Å². The van der Waals surface area contributed by atoms with Gasteiger partial charge in [0.15, 0.2) is 0 Å². The quantitative estimate of drug-likeness (QED) is 0.382. The molecule has 1 aromatic carbocycles. The highest BCUT2D eigenvalue weighted by atomic mass is 32.1. The summed E-state index contributed by atoms with van der Waals surface area (Å²) in [7, 11) is 1.64. The third kappa shape index (κ3) is 3.84. The lowest BCUT2D eigenvalue weighted by molar-refractivity contribution is -0.384. The Bertz CT molecular complexity index is 868. The van der Waals surface area contributed by atoms with Gasteiger partial charge in [-0.25, -0.2) is 4.79 Å². The molecule has 24 heavy (non-hydrogen) atoms. The molecule has 10 heteroatoms. The van der Waals surface area contributed by atoms with Crippen molar-refractivity contribution in [2.24, 2.45) is 17.3 Å². The van der Waals surface area contributed by atoms with Crippen LogP contribution in [0.1, 0.15) is 23.0 Å². The van der Waals surface area contributed by atoms with Crippen LogP contribution in [0.25, 0.3) is 0 Å². The fourth-order valence-electron chi connectivity index (χ4n) is 1.75. The Balaban J connectivity index is 2.28. The van der Waals surface area contributed by atoms with Gasteiger partial charge < -0.3 is 14.4 Å². The number of hydrogen-bond acceptors (Lipinski definition) is 8. The van der Waals surface area contributed by atoms with Crippen molar-refractivity contribution in [3.8, 4) is 5.75 Å². The standard InChI is InChI=1S/C14H14N4O5S/c1-3-23-13(20)11-8-24-14(17(11)2)16-15-7-9-6-10(18(21)22)4-5-12(9)19/h4-8,19H,3H2,1-2H3/b15-7+,16-14?. The Morgan fingerprint density at radius 1 is 1.54 bits per heavy atom. The number of esters is 1. The molecule has 0 aliphatic rings. The highest BCUT2D eigenvalue weighted by Crippen LogP contribution is 2.21. The van der Waals surface area contributed by atoms with Gasteiger partial charge in [-0.05, 0) is 13.0 Å². The van der Waals surface area contributed by atoms with Gasteiger partial charge in [0.05, 0.1) is 17.7 Å². The zero-order chi connectivity index (χ0) is 17.7. The molecule has 0 fully saturated rings. The number of phenols is 1. The lowest BCUT2D eigenvalue weighted by Gasteiger charge is -2.01. The number of benzene rings is 1. The fraction of sp³-hybridized carbons (Fsp3) is 0.214. The molecule has 0 saturated heterocycles. The molecule has 126 valence electrons. The van der Waals surface area contributed by atoms with Gasteiger partial charge in [-0.15, -0.1) is 16.4 Å². The van der Waals surface area contributed by atoms with E-state index in [1.165, 1.54) is 40.3 Å². The zero-order valence-corrected chi connectivity index (χ0v) is 13.7. The first-order valence-corrected chi connectivity index (χ1v) is 7.68. The van der Waals surface area contributed by atoms with E-state index in [-0.39, 0.29) is 23.6 Å². The molecule has 1 N–H and O–H groups in total. The zero-order valence-electron chi connectivity index (χ0n) is 12.9. The number of carbonyl (C=O) groups is 1. The molecular formula is C14H14N4O5S. The molecule has 0 aliphatic heterocycles. The Morgan fingerprint density at radius 2 is 2.29 bits per heavy atom. The summed E-state index contributed by atoms with van der Waals surface area (Å²) >= 11 is 1.19. The van der Waals surface area contributed by atoms with Crippen molar-refractivity contribution < 1.29 is 19.6 Å². The second-order valence-electron chi connectivity index (χ2n) is 4.53. The molecule has 0 unspecified atom stereocenters. The van der Waals surface area contributed by atoms with Gasteiger partial charge in [0.25, 0.3) is 5.69 Å². The lowest BCUT2D eigenvalue weighted by atomic mass is 10.2. The van der Waals surface area contributed by atoms with Gasteiger partial charge in [-0.3, -0.25) is 10.1 Å². The molecule has 0 radical (unpaired) electrons. The summed E-state index contributed by atoms with van der Waals surface area (Å²) in [5.41, 5.74) is 0.340. The maximum Gasteiger partial charge on any atom is 0.355 e. The number of phenolic OH excluding ortho intramolecular Hbond substituents is 1. The van der Waals surface area contributed by atoms with Gasteiger partial charge in [-0.1, -0.05) is 0 Å². The van der Waals surface area contributed by atoms with Gasteiger partial charge in [-0.2, -0.15) is 5.10 Å². The van der Waals surface area contributed by atoms with Crippen LogP contribution in [0, 0.1) is 10.1 Å². The molecule has 0 amide bonds. The summed E-state index contributed by atoms with van der Waals surface area (Å²) in [5.74, 6) is -0.611. The summed E-state index contributed by atoms with van der Waals surface area (Å²) in [5, 5.41) is 29.8. The summed E-state index contributed by atoms with van der Waals surface area (Å²) in [4.78, 5) is 22.3. The Hall–Kier alpha value is -3.01. The predicted molar refractivity (Wildman–Crippen MR) is 87.2 cm³/mol. The summed E-state index contributed by atoms with van der Waals surface area (Å²) in [6.45, 7) is 1.98. The minimum absolute atomic E-state index is 0.151. The topological polar surface area (TPSA) is 119 Å². The number of nitro groups is 1. The van der Waals surface area contributed by atoms with Crippen molar-refractivity contribution in [3.05, 3.63) is 49.8 Å². The number of thiazole rings is 1. The average molecular weight is 350 g/mol. The van der Waals surface area contributed by atoms with Crippen molar-refractivity contribution in [2.45, 2.75) is 6.92 Å². The Kier molecular flexibility index (Phi) is 5.42. The van der Waals surface area contributed by atoms with Crippen molar-refractivity contribution in [1.29, 1.82) is 0 Å². The van der Waals surface area contributed by atoms with E-state index in [4.69, 9.17) is 4.74 Å². The number of non-ortho nitro benzene ring substituents is 1.